The quantitative estimate of drug-likeness (QED) is 0.846. The third-order valence-electron chi connectivity index (χ3n) is 3.19. The molecule has 112 valence electrons. The van der Waals surface area contributed by atoms with Crippen LogP contribution < -0.4 is 5.32 Å². The van der Waals surface area contributed by atoms with E-state index in [0.29, 0.717) is 18.2 Å². The molecule has 0 radical (unpaired) electrons. The number of hydrogen-bond acceptors (Lipinski definition) is 3. The molecule has 2 amide bonds. The molecule has 0 aliphatic carbocycles. The summed E-state index contributed by atoms with van der Waals surface area (Å²) in [5.74, 6) is 0. The number of thioether (sulfide) groups is 1. The number of urea groups is 1. The van der Waals surface area contributed by atoms with E-state index in [2.05, 4.69) is 24.6 Å². The number of nitrogens with one attached hydrogen (secondary N) is 1. The van der Waals surface area contributed by atoms with E-state index < -0.39 is 6.10 Å². The Kier molecular flexibility index (Phi) is 6.88. The van der Waals surface area contributed by atoms with Crippen molar-refractivity contribution in [2.45, 2.75) is 31.6 Å². The Hall–Kier alpha value is -1.20. The van der Waals surface area contributed by atoms with Crippen LogP contribution in [0.1, 0.15) is 31.1 Å². The number of anilines is 1. The zero-order valence-corrected chi connectivity index (χ0v) is 13.4. The van der Waals surface area contributed by atoms with Gasteiger partial charge in [-0.05, 0) is 44.2 Å². The standard InChI is InChI=1S/C15H24N2O2S/c1-11(18)8-9-17(3)15(19)16-14-7-5-6-13(10-14)12(2)20-4/h5-7,10-12,18H,8-9H2,1-4H3,(H,16,19)/t11-,12-/m1/s1. The first-order chi connectivity index (χ1) is 9.43. The van der Waals surface area contributed by atoms with Gasteiger partial charge in [0.15, 0.2) is 0 Å². The second-order valence-corrected chi connectivity index (χ2v) is 6.17. The summed E-state index contributed by atoms with van der Waals surface area (Å²) in [6, 6.07) is 7.75. The van der Waals surface area contributed by atoms with Crippen LogP contribution in [0.4, 0.5) is 10.5 Å². The van der Waals surface area contributed by atoms with Gasteiger partial charge < -0.3 is 15.3 Å². The van der Waals surface area contributed by atoms with Crippen LogP contribution in [0.5, 0.6) is 0 Å². The summed E-state index contributed by atoms with van der Waals surface area (Å²) in [5.41, 5.74) is 2.00. The van der Waals surface area contributed by atoms with Crippen LogP contribution in [0.25, 0.3) is 0 Å². The maximum atomic E-state index is 12.0. The smallest absolute Gasteiger partial charge is 0.321 e. The van der Waals surface area contributed by atoms with Gasteiger partial charge in [0, 0.05) is 24.5 Å². The van der Waals surface area contributed by atoms with Crippen molar-refractivity contribution in [1.29, 1.82) is 0 Å². The summed E-state index contributed by atoms with van der Waals surface area (Å²) in [6.45, 7) is 4.39. The van der Waals surface area contributed by atoms with Crippen molar-refractivity contribution >= 4 is 23.5 Å². The molecule has 5 heteroatoms. The lowest BCUT2D eigenvalue weighted by Gasteiger charge is -2.19. The molecule has 0 bridgehead atoms. The molecule has 0 aliphatic rings. The maximum absolute atomic E-state index is 12.0. The number of amides is 2. The second-order valence-electron chi connectivity index (χ2n) is 4.99. The minimum Gasteiger partial charge on any atom is -0.393 e. The number of aliphatic hydroxyl groups excluding tert-OH is 1. The third-order valence-corrected chi connectivity index (χ3v) is 4.17. The fraction of sp³-hybridized carbons (Fsp3) is 0.533. The molecular weight excluding hydrogens is 272 g/mol. The van der Waals surface area contributed by atoms with E-state index in [1.807, 2.05) is 18.2 Å². The van der Waals surface area contributed by atoms with Gasteiger partial charge in [0.05, 0.1) is 6.10 Å². The number of carbonyl (C=O) groups is 1. The molecule has 0 saturated carbocycles. The van der Waals surface area contributed by atoms with Gasteiger partial charge in [0.2, 0.25) is 0 Å². The molecule has 1 aromatic carbocycles. The highest BCUT2D eigenvalue weighted by atomic mass is 32.2. The van der Waals surface area contributed by atoms with Gasteiger partial charge in [-0.1, -0.05) is 12.1 Å². The van der Waals surface area contributed by atoms with Crippen LogP contribution in [0.2, 0.25) is 0 Å². The van der Waals surface area contributed by atoms with Gasteiger partial charge >= 0.3 is 6.03 Å². The summed E-state index contributed by atoms with van der Waals surface area (Å²) in [6.07, 6.45) is 2.25. The van der Waals surface area contributed by atoms with Crippen LogP contribution in [0.3, 0.4) is 0 Å². The molecule has 0 saturated heterocycles. The van der Waals surface area contributed by atoms with Gasteiger partial charge in [0.1, 0.15) is 0 Å². The highest BCUT2D eigenvalue weighted by Gasteiger charge is 2.11. The predicted molar refractivity (Wildman–Crippen MR) is 86.3 cm³/mol. The fourth-order valence-corrected chi connectivity index (χ4v) is 2.13. The third kappa shape index (κ3) is 5.43. The first-order valence-corrected chi connectivity index (χ1v) is 8.05. The number of hydrogen-bond donors (Lipinski definition) is 2. The minimum absolute atomic E-state index is 0.153. The van der Waals surface area contributed by atoms with E-state index >= 15 is 0 Å². The van der Waals surface area contributed by atoms with Gasteiger partial charge in [-0.2, -0.15) is 11.8 Å². The van der Waals surface area contributed by atoms with E-state index in [0.717, 1.165) is 5.69 Å². The van der Waals surface area contributed by atoms with Crippen molar-refractivity contribution in [1.82, 2.24) is 4.90 Å². The number of rotatable bonds is 6. The van der Waals surface area contributed by atoms with Crippen LogP contribution >= 0.6 is 11.8 Å². The van der Waals surface area contributed by atoms with Crippen LogP contribution in [0.15, 0.2) is 24.3 Å². The SMILES string of the molecule is CS[C@H](C)c1cccc(NC(=O)N(C)CC[C@@H](C)O)c1. The van der Waals surface area contributed by atoms with Gasteiger partial charge in [-0.3, -0.25) is 0 Å². The Labute approximate surface area is 125 Å². The van der Waals surface area contributed by atoms with Gasteiger partial charge in [-0.25, -0.2) is 4.79 Å². The molecule has 20 heavy (non-hydrogen) atoms. The molecule has 0 heterocycles. The lowest BCUT2D eigenvalue weighted by Crippen LogP contribution is -2.33. The molecule has 2 atom stereocenters. The predicted octanol–water partition coefficient (Wildman–Crippen LogP) is 3.35. The highest BCUT2D eigenvalue weighted by Crippen LogP contribution is 2.27. The van der Waals surface area contributed by atoms with Crippen molar-refractivity contribution in [3.63, 3.8) is 0 Å². The molecule has 2 N–H and O–H groups in total. The molecular formula is C15H24N2O2S. The number of aliphatic hydroxyl groups is 1. The Morgan fingerprint density at radius 1 is 1.45 bits per heavy atom. The topological polar surface area (TPSA) is 52.6 Å². The van der Waals surface area contributed by atoms with Crippen molar-refractivity contribution < 1.29 is 9.90 Å². The van der Waals surface area contributed by atoms with Crippen molar-refractivity contribution in [2.24, 2.45) is 0 Å². The van der Waals surface area contributed by atoms with Crippen LogP contribution in [-0.2, 0) is 0 Å². The van der Waals surface area contributed by atoms with E-state index in [1.54, 1.807) is 30.6 Å². The van der Waals surface area contributed by atoms with Crippen LogP contribution in [-0.4, -0.2) is 42.0 Å². The summed E-state index contributed by atoms with van der Waals surface area (Å²) in [7, 11) is 1.73. The first kappa shape index (κ1) is 16.9. The van der Waals surface area contributed by atoms with Crippen LogP contribution in [0, 0.1) is 0 Å². The minimum atomic E-state index is -0.393. The normalized spacial score (nSPS) is 13.7. The zero-order valence-electron chi connectivity index (χ0n) is 12.6. The lowest BCUT2D eigenvalue weighted by atomic mass is 10.1. The Bertz CT molecular complexity index is 438. The molecule has 1 aromatic rings. The average Bonchev–Trinajstić information content (AvgIpc) is 2.43. The van der Waals surface area contributed by atoms with E-state index in [-0.39, 0.29) is 6.03 Å². The summed E-state index contributed by atoms with van der Waals surface area (Å²) >= 11 is 1.77. The number of carbonyl (C=O) groups excluding carboxylic acids is 1. The summed E-state index contributed by atoms with van der Waals surface area (Å²) in [5, 5.41) is 12.5. The van der Waals surface area contributed by atoms with Crippen molar-refractivity contribution in [3.8, 4) is 0 Å². The molecule has 1 rings (SSSR count). The Morgan fingerprint density at radius 3 is 2.75 bits per heavy atom. The summed E-state index contributed by atoms with van der Waals surface area (Å²) in [4.78, 5) is 13.6. The summed E-state index contributed by atoms with van der Waals surface area (Å²) < 4.78 is 0. The maximum Gasteiger partial charge on any atom is 0.321 e. The molecule has 4 nitrogen and oxygen atoms in total. The number of nitrogens with zero attached hydrogens (tertiary/aromatic N) is 1. The largest absolute Gasteiger partial charge is 0.393 e. The average molecular weight is 296 g/mol. The first-order valence-electron chi connectivity index (χ1n) is 6.77. The van der Waals surface area contributed by atoms with Gasteiger partial charge in [0.25, 0.3) is 0 Å². The molecule has 0 unspecified atom stereocenters. The van der Waals surface area contributed by atoms with Gasteiger partial charge in [-0.15, -0.1) is 0 Å². The van der Waals surface area contributed by atoms with Crippen molar-refractivity contribution in [3.05, 3.63) is 29.8 Å². The second kappa shape index (κ2) is 8.17. The molecule has 0 fully saturated rings. The monoisotopic (exact) mass is 296 g/mol. The molecule has 0 spiro atoms. The van der Waals surface area contributed by atoms with Crippen molar-refractivity contribution in [2.75, 3.05) is 25.2 Å². The van der Waals surface area contributed by atoms with E-state index in [1.165, 1.54) is 5.56 Å². The fourth-order valence-electron chi connectivity index (χ4n) is 1.71. The zero-order chi connectivity index (χ0) is 15.1. The molecule has 0 aliphatic heterocycles. The molecule has 0 aromatic heterocycles. The van der Waals surface area contributed by atoms with E-state index in [4.69, 9.17) is 0 Å². The Balaban J connectivity index is 2.61. The Morgan fingerprint density at radius 2 is 2.15 bits per heavy atom. The van der Waals surface area contributed by atoms with E-state index in [9.17, 15) is 9.90 Å². The highest BCUT2D eigenvalue weighted by molar-refractivity contribution is 7.98. The number of benzene rings is 1. The lowest BCUT2D eigenvalue weighted by molar-refractivity contribution is 0.167.